The van der Waals surface area contributed by atoms with Gasteiger partial charge < -0.3 is 14.4 Å². The van der Waals surface area contributed by atoms with Gasteiger partial charge in [-0.3, -0.25) is 9.59 Å². The van der Waals surface area contributed by atoms with Gasteiger partial charge in [-0.25, -0.2) is 4.79 Å². The van der Waals surface area contributed by atoms with Crippen LogP contribution in [0.2, 0.25) is 0 Å². The average Bonchev–Trinajstić information content (AvgIpc) is 3.01. The number of rotatable bonds is 2. The maximum atomic E-state index is 11.5. The van der Waals surface area contributed by atoms with Crippen molar-refractivity contribution in [2.45, 2.75) is 38.5 Å². The molecule has 3 atom stereocenters. The molecule has 6 heteroatoms. The first kappa shape index (κ1) is 12.6. The second-order valence-electron chi connectivity index (χ2n) is 4.44. The molecule has 98 valence electrons. The van der Waals surface area contributed by atoms with E-state index in [-0.39, 0.29) is 24.4 Å². The number of carbonyl (C=O) groups excluding carboxylic acids is 3. The Morgan fingerprint density at radius 1 is 1.33 bits per heavy atom. The van der Waals surface area contributed by atoms with Crippen molar-refractivity contribution >= 4 is 17.8 Å². The van der Waals surface area contributed by atoms with Gasteiger partial charge >= 0.3 is 11.9 Å². The minimum atomic E-state index is -0.463. The summed E-state index contributed by atoms with van der Waals surface area (Å²) >= 11 is 0. The van der Waals surface area contributed by atoms with E-state index in [9.17, 15) is 14.4 Å². The highest BCUT2D eigenvalue weighted by molar-refractivity contribution is 5.90. The quantitative estimate of drug-likeness (QED) is 0.512. The molecule has 1 aliphatic carbocycles. The zero-order valence-electron chi connectivity index (χ0n) is 10.5. The van der Waals surface area contributed by atoms with Crippen LogP contribution in [-0.4, -0.2) is 48.0 Å². The third-order valence-corrected chi connectivity index (χ3v) is 3.21. The lowest BCUT2D eigenvalue weighted by atomic mass is 9.97. The van der Waals surface area contributed by atoms with Crippen LogP contribution in [0, 0.1) is 0 Å². The van der Waals surface area contributed by atoms with Crippen LogP contribution in [0.4, 0.5) is 0 Å². The van der Waals surface area contributed by atoms with Crippen molar-refractivity contribution in [2.24, 2.45) is 0 Å². The van der Waals surface area contributed by atoms with Crippen molar-refractivity contribution in [3.63, 3.8) is 0 Å². The molecule has 2 rings (SSSR count). The van der Waals surface area contributed by atoms with Crippen LogP contribution in [0.15, 0.2) is 11.6 Å². The van der Waals surface area contributed by atoms with Gasteiger partial charge in [-0.15, -0.1) is 0 Å². The number of nitrogens with zero attached hydrogens (tertiary/aromatic N) is 1. The highest BCUT2D eigenvalue weighted by Crippen LogP contribution is 2.41. The molecule has 2 aliphatic rings. The van der Waals surface area contributed by atoms with Gasteiger partial charge in [0.05, 0.1) is 19.2 Å². The first-order valence-corrected chi connectivity index (χ1v) is 5.71. The Bertz CT molecular complexity index is 442. The summed E-state index contributed by atoms with van der Waals surface area (Å²) in [6, 6.07) is -0.297. The highest BCUT2D eigenvalue weighted by atomic mass is 16.5. The van der Waals surface area contributed by atoms with E-state index in [2.05, 4.69) is 4.74 Å². The van der Waals surface area contributed by atoms with Gasteiger partial charge in [0.15, 0.2) is 0 Å². The number of ether oxygens (including phenoxy) is 2. The van der Waals surface area contributed by atoms with Gasteiger partial charge in [0, 0.05) is 25.8 Å². The second kappa shape index (κ2) is 4.44. The predicted molar refractivity (Wildman–Crippen MR) is 60.4 cm³/mol. The topological polar surface area (TPSA) is 72.7 Å². The van der Waals surface area contributed by atoms with Gasteiger partial charge in [-0.05, 0) is 6.08 Å². The van der Waals surface area contributed by atoms with E-state index in [1.54, 1.807) is 11.0 Å². The summed E-state index contributed by atoms with van der Waals surface area (Å²) in [4.78, 5) is 35.5. The third-order valence-electron chi connectivity index (χ3n) is 3.21. The van der Waals surface area contributed by atoms with Gasteiger partial charge in [-0.1, -0.05) is 0 Å². The molecule has 0 saturated carbocycles. The molecule has 1 fully saturated rings. The first-order chi connectivity index (χ1) is 8.45. The van der Waals surface area contributed by atoms with E-state index >= 15 is 0 Å². The summed E-state index contributed by atoms with van der Waals surface area (Å²) in [5.74, 6) is -0.953. The maximum absolute atomic E-state index is 11.5. The van der Waals surface area contributed by atoms with E-state index < -0.39 is 18.0 Å². The Morgan fingerprint density at radius 2 is 2.00 bits per heavy atom. The van der Waals surface area contributed by atoms with Gasteiger partial charge in [0.2, 0.25) is 5.91 Å². The Hall–Kier alpha value is -1.85. The van der Waals surface area contributed by atoms with Crippen molar-refractivity contribution in [2.75, 3.05) is 7.11 Å². The Labute approximate surface area is 105 Å². The summed E-state index contributed by atoms with van der Waals surface area (Å²) in [6.45, 7) is 2.76. The molecular formula is C12H15NO5. The van der Waals surface area contributed by atoms with Crippen LogP contribution in [-0.2, 0) is 23.9 Å². The van der Waals surface area contributed by atoms with Gasteiger partial charge in [0.1, 0.15) is 6.10 Å². The standard InChI is InChI=1S/C12H15NO5/c1-6(14)13-9-4-8(12(16)17-3)5-10(11(9)13)18-7(2)15/h4,9-11H,5H2,1-3H3/t9-,10+,11-,13?/m0/s1. The lowest BCUT2D eigenvalue weighted by Gasteiger charge is -2.19. The number of hydrogen-bond acceptors (Lipinski definition) is 5. The van der Waals surface area contributed by atoms with Gasteiger partial charge in [-0.2, -0.15) is 0 Å². The molecule has 0 bridgehead atoms. The molecule has 0 aromatic carbocycles. The van der Waals surface area contributed by atoms with Crippen LogP contribution >= 0.6 is 0 Å². The monoisotopic (exact) mass is 253 g/mol. The molecule has 6 nitrogen and oxygen atoms in total. The fraction of sp³-hybridized carbons (Fsp3) is 0.583. The Morgan fingerprint density at radius 3 is 2.50 bits per heavy atom. The lowest BCUT2D eigenvalue weighted by molar-refractivity contribution is -0.148. The number of fused-ring (bicyclic) bond motifs is 1. The third kappa shape index (κ3) is 2.10. The zero-order chi connectivity index (χ0) is 13.4. The average molecular weight is 253 g/mol. The Balaban J connectivity index is 2.19. The van der Waals surface area contributed by atoms with Gasteiger partial charge in [0.25, 0.3) is 0 Å². The summed E-state index contributed by atoms with van der Waals surface area (Å²) < 4.78 is 9.82. The fourth-order valence-corrected chi connectivity index (χ4v) is 2.48. The molecule has 0 aromatic rings. The highest BCUT2D eigenvalue weighted by Gasteiger charge is 2.57. The fourth-order valence-electron chi connectivity index (χ4n) is 2.48. The zero-order valence-corrected chi connectivity index (χ0v) is 10.5. The minimum Gasteiger partial charge on any atom is -0.466 e. The molecule has 0 N–H and O–H groups in total. The van der Waals surface area contributed by atoms with Crippen LogP contribution in [0.3, 0.4) is 0 Å². The normalized spacial score (nSPS) is 28.9. The molecular weight excluding hydrogens is 238 g/mol. The van der Waals surface area contributed by atoms with Crippen molar-refractivity contribution in [3.8, 4) is 0 Å². The van der Waals surface area contributed by atoms with Crippen molar-refractivity contribution in [3.05, 3.63) is 11.6 Å². The molecule has 18 heavy (non-hydrogen) atoms. The summed E-state index contributed by atoms with van der Waals surface area (Å²) in [5.41, 5.74) is 0.453. The maximum Gasteiger partial charge on any atom is 0.333 e. The molecule has 0 spiro atoms. The van der Waals surface area contributed by atoms with Crippen molar-refractivity contribution < 1.29 is 23.9 Å². The molecule has 1 aliphatic heterocycles. The summed E-state index contributed by atoms with van der Waals surface area (Å²) in [5, 5.41) is 0. The van der Waals surface area contributed by atoms with Crippen LogP contribution in [0.1, 0.15) is 20.3 Å². The molecule has 0 radical (unpaired) electrons. The number of esters is 2. The molecule has 0 aromatic heterocycles. The summed E-state index contributed by atoms with van der Waals surface area (Å²) in [7, 11) is 1.30. The number of methoxy groups -OCH3 is 1. The van der Waals surface area contributed by atoms with E-state index in [4.69, 9.17) is 4.74 Å². The smallest absolute Gasteiger partial charge is 0.333 e. The number of hydrogen-bond donors (Lipinski definition) is 0. The molecule has 1 saturated heterocycles. The van der Waals surface area contributed by atoms with Crippen LogP contribution in [0.25, 0.3) is 0 Å². The van der Waals surface area contributed by atoms with Crippen LogP contribution < -0.4 is 0 Å². The van der Waals surface area contributed by atoms with E-state index in [0.29, 0.717) is 5.57 Å². The predicted octanol–water partition coefficient (Wildman–Crippen LogP) is 0.0205. The van der Waals surface area contributed by atoms with Crippen LogP contribution in [0.5, 0.6) is 0 Å². The lowest BCUT2D eigenvalue weighted by Crippen LogP contribution is -2.30. The van der Waals surface area contributed by atoms with E-state index in [1.165, 1.54) is 21.0 Å². The first-order valence-electron chi connectivity index (χ1n) is 5.71. The molecule has 0 unspecified atom stereocenters. The molecule has 1 heterocycles. The number of amides is 1. The van der Waals surface area contributed by atoms with E-state index in [0.717, 1.165) is 0 Å². The largest absolute Gasteiger partial charge is 0.466 e. The SMILES string of the molecule is COC(=O)C1=C[C@H]2[C@@H]([C@H](OC(C)=O)C1)N2C(C)=O. The minimum absolute atomic E-state index is 0.0930. The second-order valence-corrected chi connectivity index (χ2v) is 4.44. The summed E-state index contributed by atoms with van der Waals surface area (Å²) in [6.07, 6.45) is 1.55. The molecule has 1 amide bonds. The number of carbonyl (C=O) groups is 3. The van der Waals surface area contributed by atoms with E-state index in [1.807, 2.05) is 0 Å². The Kier molecular flexibility index (Phi) is 3.11. The van der Waals surface area contributed by atoms with Crippen molar-refractivity contribution in [1.82, 2.24) is 4.90 Å². The van der Waals surface area contributed by atoms with Crippen molar-refractivity contribution in [1.29, 1.82) is 0 Å².